The van der Waals surface area contributed by atoms with Crippen LogP contribution in [-0.2, 0) is 0 Å². The minimum Gasteiger partial charge on any atom is -0.398 e. The Kier molecular flexibility index (Phi) is 5.65. The van der Waals surface area contributed by atoms with Crippen molar-refractivity contribution in [3.63, 3.8) is 0 Å². The third-order valence-corrected chi connectivity index (χ3v) is 2.92. The van der Waals surface area contributed by atoms with Gasteiger partial charge in [-0.15, -0.1) is 0 Å². The number of likely N-dealkylation sites (N-methyl/N-ethyl adjacent to an activating group) is 1. The molecular weight excluding hydrogens is 236 g/mol. The van der Waals surface area contributed by atoms with E-state index in [1.807, 2.05) is 12.1 Å². The minimum absolute atomic E-state index is 0.542. The average molecular weight is 260 g/mol. The predicted molar refractivity (Wildman–Crippen MR) is 81.2 cm³/mol. The van der Waals surface area contributed by atoms with Gasteiger partial charge in [0.1, 0.15) is 6.07 Å². The number of hydrogen-bond acceptors (Lipinski definition) is 4. The average Bonchev–Trinajstić information content (AvgIpc) is 2.33. The molecule has 1 rings (SSSR count). The molecular formula is C15H24N4. The lowest BCUT2D eigenvalue weighted by atomic mass is 10.1. The lowest BCUT2D eigenvalue weighted by Crippen LogP contribution is -2.34. The van der Waals surface area contributed by atoms with Gasteiger partial charge in [-0.25, -0.2) is 0 Å². The predicted octanol–water partition coefficient (Wildman–Crippen LogP) is 2.16. The van der Waals surface area contributed by atoms with Crippen LogP contribution >= 0.6 is 0 Å². The van der Waals surface area contributed by atoms with Gasteiger partial charge in [-0.2, -0.15) is 5.26 Å². The Hall–Kier alpha value is -1.73. The minimum atomic E-state index is 0.542. The number of anilines is 2. The molecule has 0 aliphatic heterocycles. The van der Waals surface area contributed by atoms with Gasteiger partial charge in [0, 0.05) is 25.3 Å². The van der Waals surface area contributed by atoms with Crippen molar-refractivity contribution in [2.24, 2.45) is 5.92 Å². The molecule has 0 aliphatic carbocycles. The van der Waals surface area contributed by atoms with Crippen LogP contribution in [0.15, 0.2) is 18.2 Å². The van der Waals surface area contributed by atoms with E-state index in [2.05, 4.69) is 43.8 Å². The van der Waals surface area contributed by atoms with Crippen LogP contribution in [0, 0.1) is 17.2 Å². The fourth-order valence-electron chi connectivity index (χ4n) is 1.94. The van der Waals surface area contributed by atoms with Gasteiger partial charge in [-0.1, -0.05) is 13.8 Å². The Morgan fingerprint density at radius 3 is 2.42 bits per heavy atom. The second kappa shape index (κ2) is 7.01. The van der Waals surface area contributed by atoms with Crippen LogP contribution in [0.5, 0.6) is 0 Å². The molecule has 0 aliphatic rings. The number of hydrogen-bond donors (Lipinski definition) is 1. The fraction of sp³-hybridized carbons (Fsp3) is 0.533. The van der Waals surface area contributed by atoms with E-state index in [1.54, 1.807) is 6.07 Å². The van der Waals surface area contributed by atoms with Crippen molar-refractivity contribution in [2.45, 2.75) is 13.8 Å². The number of benzene rings is 1. The van der Waals surface area contributed by atoms with Gasteiger partial charge in [-0.05, 0) is 38.2 Å². The van der Waals surface area contributed by atoms with E-state index in [-0.39, 0.29) is 0 Å². The molecule has 0 saturated heterocycles. The Morgan fingerprint density at radius 2 is 1.95 bits per heavy atom. The van der Waals surface area contributed by atoms with Crippen molar-refractivity contribution in [1.82, 2.24) is 4.90 Å². The Balaban J connectivity index is 2.90. The second-order valence-corrected chi connectivity index (χ2v) is 5.53. The van der Waals surface area contributed by atoms with Crippen LogP contribution in [0.2, 0.25) is 0 Å². The topological polar surface area (TPSA) is 56.3 Å². The maximum atomic E-state index is 8.92. The van der Waals surface area contributed by atoms with Gasteiger partial charge in [0.05, 0.1) is 11.3 Å². The molecule has 0 spiro atoms. The van der Waals surface area contributed by atoms with Crippen molar-refractivity contribution in [3.05, 3.63) is 23.8 Å². The molecule has 0 amide bonds. The SMILES string of the molecule is CC(C)CN(CCN(C)C)c1ccc(C#N)c(N)c1. The summed E-state index contributed by atoms with van der Waals surface area (Å²) in [5.74, 6) is 0.582. The summed E-state index contributed by atoms with van der Waals surface area (Å²) >= 11 is 0. The third-order valence-electron chi connectivity index (χ3n) is 2.92. The first-order chi connectivity index (χ1) is 8.93. The molecule has 0 bridgehead atoms. The van der Waals surface area contributed by atoms with E-state index in [0.29, 0.717) is 17.2 Å². The molecule has 2 N–H and O–H groups in total. The van der Waals surface area contributed by atoms with E-state index in [4.69, 9.17) is 11.0 Å². The molecule has 0 heterocycles. The third kappa shape index (κ3) is 4.80. The second-order valence-electron chi connectivity index (χ2n) is 5.53. The van der Waals surface area contributed by atoms with Crippen LogP contribution in [0.1, 0.15) is 19.4 Å². The fourth-order valence-corrected chi connectivity index (χ4v) is 1.94. The van der Waals surface area contributed by atoms with Gasteiger partial charge < -0.3 is 15.5 Å². The van der Waals surface area contributed by atoms with Gasteiger partial charge in [0.2, 0.25) is 0 Å². The number of nitrogens with two attached hydrogens (primary N) is 1. The zero-order valence-corrected chi connectivity index (χ0v) is 12.3. The van der Waals surface area contributed by atoms with Crippen molar-refractivity contribution < 1.29 is 0 Å². The summed E-state index contributed by atoms with van der Waals surface area (Å²) in [4.78, 5) is 4.49. The lowest BCUT2D eigenvalue weighted by molar-refractivity contribution is 0.409. The summed E-state index contributed by atoms with van der Waals surface area (Å²) in [6.07, 6.45) is 0. The highest BCUT2D eigenvalue weighted by Crippen LogP contribution is 2.21. The van der Waals surface area contributed by atoms with E-state index in [9.17, 15) is 0 Å². The zero-order valence-electron chi connectivity index (χ0n) is 12.3. The molecule has 0 saturated carbocycles. The molecule has 0 radical (unpaired) electrons. The number of nitrogens with zero attached hydrogens (tertiary/aromatic N) is 3. The zero-order chi connectivity index (χ0) is 14.4. The van der Waals surface area contributed by atoms with Gasteiger partial charge >= 0.3 is 0 Å². The van der Waals surface area contributed by atoms with Gasteiger partial charge in [0.25, 0.3) is 0 Å². The summed E-state index contributed by atoms with van der Waals surface area (Å²) in [7, 11) is 4.14. The van der Waals surface area contributed by atoms with E-state index < -0.39 is 0 Å². The van der Waals surface area contributed by atoms with Crippen molar-refractivity contribution in [2.75, 3.05) is 44.4 Å². The van der Waals surface area contributed by atoms with Crippen LogP contribution in [0.4, 0.5) is 11.4 Å². The highest BCUT2D eigenvalue weighted by atomic mass is 15.2. The molecule has 1 aromatic rings. The molecule has 0 atom stereocenters. The van der Waals surface area contributed by atoms with Crippen LogP contribution in [0.3, 0.4) is 0 Å². The highest BCUT2D eigenvalue weighted by Gasteiger charge is 2.10. The van der Waals surface area contributed by atoms with Crippen molar-refractivity contribution >= 4 is 11.4 Å². The molecule has 4 heteroatoms. The largest absolute Gasteiger partial charge is 0.398 e. The molecule has 0 aromatic heterocycles. The first-order valence-corrected chi connectivity index (χ1v) is 6.63. The highest BCUT2D eigenvalue weighted by molar-refractivity contribution is 5.63. The number of nitriles is 1. The van der Waals surface area contributed by atoms with Crippen LogP contribution in [-0.4, -0.2) is 38.6 Å². The van der Waals surface area contributed by atoms with Crippen molar-refractivity contribution in [1.29, 1.82) is 5.26 Å². The quantitative estimate of drug-likeness (QED) is 0.796. The monoisotopic (exact) mass is 260 g/mol. The molecule has 19 heavy (non-hydrogen) atoms. The summed E-state index contributed by atoms with van der Waals surface area (Å²) in [6, 6.07) is 7.78. The smallest absolute Gasteiger partial charge is 0.101 e. The molecule has 0 unspecified atom stereocenters. The maximum absolute atomic E-state index is 8.92. The summed E-state index contributed by atoms with van der Waals surface area (Å²) in [5.41, 5.74) is 8.08. The van der Waals surface area contributed by atoms with E-state index in [1.165, 1.54) is 0 Å². The molecule has 0 fully saturated rings. The van der Waals surface area contributed by atoms with Crippen molar-refractivity contribution in [3.8, 4) is 6.07 Å². The Labute approximate surface area is 116 Å². The summed E-state index contributed by atoms with van der Waals surface area (Å²) in [6.45, 7) is 7.34. The lowest BCUT2D eigenvalue weighted by Gasteiger charge is -2.28. The van der Waals surface area contributed by atoms with Gasteiger partial charge in [-0.3, -0.25) is 0 Å². The normalized spacial score (nSPS) is 10.8. The van der Waals surface area contributed by atoms with E-state index >= 15 is 0 Å². The summed E-state index contributed by atoms with van der Waals surface area (Å²) in [5, 5.41) is 8.92. The first kappa shape index (κ1) is 15.3. The molecule has 104 valence electrons. The van der Waals surface area contributed by atoms with Crippen LogP contribution in [0.25, 0.3) is 0 Å². The standard InChI is InChI=1S/C15H24N4/c1-12(2)11-19(8-7-18(3)4)14-6-5-13(10-16)15(17)9-14/h5-6,9,12H,7-8,11,17H2,1-4H3. The maximum Gasteiger partial charge on any atom is 0.101 e. The Bertz CT molecular complexity index is 446. The molecule has 4 nitrogen and oxygen atoms in total. The van der Waals surface area contributed by atoms with Gasteiger partial charge in [0.15, 0.2) is 0 Å². The van der Waals surface area contributed by atoms with E-state index in [0.717, 1.165) is 25.3 Å². The first-order valence-electron chi connectivity index (χ1n) is 6.63. The number of nitrogen functional groups attached to an aromatic ring is 1. The molecule has 1 aromatic carbocycles. The Morgan fingerprint density at radius 1 is 1.26 bits per heavy atom. The summed E-state index contributed by atoms with van der Waals surface area (Å²) < 4.78 is 0. The van der Waals surface area contributed by atoms with Crippen LogP contribution < -0.4 is 10.6 Å². The number of rotatable bonds is 6.